The van der Waals surface area contributed by atoms with Crippen molar-refractivity contribution in [1.29, 1.82) is 5.26 Å². The number of fused-ring (bicyclic) bond motifs is 1. The van der Waals surface area contributed by atoms with Gasteiger partial charge in [-0.05, 0) is 37.8 Å². The standard InChI is InChI=1S/C13H13NS/c1-9-12(13(2,3)8-14)10-6-4-5-7-11(10)15-9/h4-7H,1-3H3. The van der Waals surface area contributed by atoms with Gasteiger partial charge in [0, 0.05) is 9.58 Å². The zero-order valence-electron chi connectivity index (χ0n) is 9.16. The molecule has 0 amide bonds. The summed E-state index contributed by atoms with van der Waals surface area (Å²) in [5.74, 6) is 0. The summed E-state index contributed by atoms with van der Waals surface area (Å²) < 4.78 is 1.27. The van der Waals surface area contributed by atoms with E-state index in [9.17, 15) is 5.26 Å². The molecule has 2 rings (SSSR count). The highest BCUT2D eigenvalue weighted by Gasteiger charge is 2.25. The van der Waals surface area contributed by atoms with Crippen LogP contribution in [0.15, 0.2) is 24.3 Å². The van der Waals surface area contributed by atoms with Crippen molar-refractivity contribution < 1.29 is 0 Å². The van der Waals surface area contributed by atoms with Crippen molar-refractivity contribution in [3.05, 3.63) is 34.7 Å². The van der Waals surface area contributed by atoms with Crippen molar-refractivity contribution in [2.75, 3.05) is 0 Å². The maximum atomic E-state index is 9.20. The van der Waals surface area contributed by atoms with Gasteiger partial charge < -0.3 is 0 Å². The van der Waals surface area contributed by atoms with Gasteiger partial charge in [0.15, 0.2) is 0 Å². The third-order valence-electron chi connectivity index (χ3n) is 2.68. The number of hydrogen-bond acceptors (Lipinski definition) is 2. The van der Waals surface area contributed by atoms with Crippen molar-refractivity contribution >= 4 is 21.4 Å². The first-order valence-electron chi connectivity index (χ1n) is 4.96. The van der Waals surface area contributed by atoms with Gasteiger partial charge >= 0.3 is 0 Å². The van der Waals surface area contributed by atoms with Gasteiger partial charge in [-0.2, -0.15) is 5.26 Å². The molecule has 2 heteroatoms. The largest absolute Gasteiger partial charge is 0.197 e. The van der Waals surface area contributed by atoms with Gasteiger partial charge in [0.2, 0.25) is 0 Å². The lowest BCUT2D eigenvalue weighted by molar-refractivity contribution is 0.692. The molecule has 0 aliphatic rings. The first-order valence-corrected chi connectivity index (χ1v) is 5.78. The molecule has 0 radical (unpaired) electrons. The molecule has 1 heterocycles. The highest BCUT2D eigenvalue weighted by Crippen LogP contribution is 2.38. The number of rotatable bonds is 1. The monoisotopic (exact) mass is 215 g/mol. The van der Waals surface area contributed by atoms with Crippen LogP contribution in [0.25, 0.3) is 10.1 Å². The molecule has 1 nitrogen and oxygen atoms in total. The first-order chi connectivity index (χ1) is 7.06. The van der Waals surface area contributed by atoms with E-state index in [-0.39, 0.29) is 0 Å². The second kappa shape index (κ2) is 3.36. The van der Waals surface area contributed by atoms with Gasteiger partial charge in [-0.25, -0.2) is 0 Å². The quantitative estimate of drug-likeness (QED) is 0.705. The van der Waals surface area contributed by atoms with Gasteiger partial charge in [0.1, 0.15) is 0 Å². The summed E-state index contributed by atoms with van der Waals surface area (Å²) in [6.07, 6.45) is 0. The second-order valence-electron chi connectivity index (χ2n) is 4.27. The molecule has 0 spiro atoms. The van der Waals surface area contributed by atoms with E-state index in [4.69, 9.17) is 0 Å². The van der Waals surface area contributed by atoms with E-state index < -0.39 is 5.41 Å². The molecule has 0 saturated heterocycles. The molecule has 0 unspecified atom stereocenters. The van der Waals surface area contributed by atoms with Crippen LogP contribution in [0, 0.1) is 18.3 Å². The van der Waals surface area contributed by atoms with Crippen LogP contribution in [0.1, 0.15) is 24.3 Å². The number of hydrogen-bond donors (Lipinski definition) is 0. The number of thiophene rings is 1. The molecule has 0 saturated carbocycles. The minimum Gasteiger partial charge on any atom is -0.197 e. The zero-order valence-corrected chi connectivity index (χ0v) is 9.98. The van der Waals surface area contributed by atoms with E-state index in [2.05, 4.69) is 25.1 Å². The van der Waals surface area contributed by atoms with E-state index in [1.54, 1.807) is 11.3 Å². The van der Waals surface area contributed by atoms with E-state index >= 15 is 0 Å². The van der Waals surface area contributed by atoms with E-state index in [1.807, 2.05) is 26.0 Å². The molecule has 0 atom stereocenters. The summed E-state index contributed by atoms with van der Waals surface area (Å²) in [5.41, 5.74) is 0.787. The Hall–Kier alpha value is -1.33. The minimum atomic E-state index is -0.399. The third kappa shape index (κ3) is 1.53. The predicted molar refractivity (Wildman–Crippen MR) is 65.2 cm³/mol. The van der Waals surface area contributed by atoms with Crippen molar-refractivity contribution in [1.82, 2.24) is 0 Å². The molecule has 0 aliphatic carbocycles. The Bertz CT molecular complexity index is 543. The van der Waals surface area contributed by atoms with Crippen LogP contribution in [-0.4, -0.2) is 0 Å². The topological polar surface area (TPSA) is 23.8 Å². The lowest BCUT2D eigenvalue weighted by atomic mass is 9.84. The number of nitriles is 1. The molecule has 1 aromatic carbocycles. The first kappa shape index (κ1) is 10.2. The average Bonchev–Trinajstić information content (AvgIpc) is 2.54. The zero-order chi connectivity index (χ0) is 11.1. The van der Waals surface area contributed by atoms with Crippen LogP contribution in [-0.2, 0) is 5.41 Å². The van der Waals surface area contributed by atoms with Crippen LogP contribution in [0.4, 0.5) is 0 Å². The Morgan fingerprint density at radius 3 is 2.60 bits per heavy atom. The van der Waals surface area contributed by atoms with Gasteiger partial charge in [-0.1, -0.05) is 18.2 Å². The SMILES string of the molecule is Cc1sc2ccccc2c1C(C)(C)C#N. The molecule has 0 aliphatic heterocycles. The van der Waals surface area contributed by atoms with Crippen molar-refractivity contribution in [3.63, 3.8) is 0 Å². The van der Waals surface area contributed by atoms with Crippen LogP contribution in [0.5, 0.6) is 0 Å². The molecule has 2 aromatic rings. The summed E-state index contributed by atoms with van der Waals surface area (Å²) in [7, 11) is 0. The lowest BCUT2D eigenvalue weighted by Gasteiger charge is -2.16. The van der Waals surface area contributed by atoms with Gasteiger partial charge in [0.25, 0.3) is 0 Å². The molecular formula is C13H13NS. The van der Waals surface area contributed by atoms with Gasteiger partial charge in [-0.3, -0.25) is 0 Å². The fraction of sp³-hybridized carbons (Fsp3) is 0.308. The number of benzene rings is 1. The van der Waals surface area contributed by atoms with Crippen molar-refractivity contribution in [2.24, 2.45) is 0 Å². The molecule has 1 aromatic heterocycles. The molecule has 15 heavy (non-hydrogen) atoms. The fourth-order valence-electron chi connectivity index (χ4n) is 2.00. The third-order valence-corrected chi connectivity index (χ3v) is 3.76. The Morgan fingerprint density at radius 1 is 1.27 bits per heavy atom. The maximum Gasteiger partial charge on any atom is 0.0782 e. The summed E-state index contributed by atoms with van der Waals surface area (Å²) in [4.78, 5) is 1.25. The molecule has 0 N–H and O–H groups in total. The van der Waals surface area contributed by atoms with Crippen LogP contribution in [0.2, 0.25) is 0 Å². The summed E-state index contributed by atoms with van der Waals surface area (Å²) in [6.45, 7) is 6.06. The minimum absolute atomic E-state index is 0.399. The Balaban J connectivity index is 2.82. The summed E-state index contributed by atoms with van der Waals surface area (Å²) in [6, 6.07) is 10.7. The Kier molecular flexibility index (Phi) is 2.28. The maximum absolute atomic E-state index is 9.20. The molecule has 76 valence electrons. The second-order valence-corrected chi connectivity index (χ2v) is 5.52. The smallest absolute Gasteiger partial charge is 0.0782 e. The number of aryl methyl sites for hydroxylation is 1. The van der Waals surface area contributed by atoms with E-state index in [1.165, 1.54) is 20.5 Å². The summed E-state index contributed by atoms with van der Waals surface area (Å²) in [5, 5.41) is 10.4. The number of nitrogens with zero attached hydrogens (tertiary/aromatic N) is 1. The molecular weight excluding hydrogens is 202 g/mol. The van der Waals surface area contributed by atoms with Crippen molar-refractivity contribution in [2.45, 2.75) is 26.2 Å². The highest BCUT2D eigenvalue weighted by atomic mass is 32.1. The van der Waals surface area contributed by atoms with E-state index in [0.29, 0.717) is 0 Å². The van der Waals surface area contributed by atoms with E-state index in [0.717, 1.165) is 0 Å². The highest BCUT2D eigenvalue weighted by molar-refractivity contribution is 7.19. The van der Waals surface area contributed by atoms with Crippen LogP contribution < -0.4 is 0 Å². The van der Waals surface area contributed by atoms with Crippen LogP contribution in [0.3, 0.4) is 0 Å². The predicted octanol–water partition coefficient (Wildman–Crippen LogP) is 4.01. The molecule has 0 fully saturated rings. The Labute approximate surface area is 94.0 Å². The Morgan fingerprint density at radius 2 is 1.93 bits per heavy atom. The fourth-order valence-corrected chi connectivity index (χ4v) is 3.22. The summed E-state index contributed by atoms with van der Waals surface area (Å²) >= 11 is 1.77. The van der Waals surface area contributed by atoms with Crippen molar-refractivity contribution in [3.8, 4) is 6.07 Å². The van der Waals surface area contributed by atoms with Gasteiger partial charge in [0.05, 0.1) is 11.5 Å². The lowest BCUT2D eigenvalue weighted by Crippen LogP contribution is -2.14. The molecule has 0 bridgehead atoms. The average molecular weight is 215 g/mol. The van der Waals surface area contributed by atoms with Gasteiger partial charge in [-0.15, -0.1) is 11.3 Å². The normalized spacial score (nSPS) is 11.6. The van der Waals surface area contributed by atoms with Crippen LogP contribution >= 0.6 is 11.3 Å².